The Hall–Kier alpha value is -5.18. The van der Waals surface area contributed by atoms with Crippen LogP contribution in [-0.2, 0) is 9.47 Å². The van der Waals surface area contributed by atoms with Crippen molar-refractivity contribution in [2.24, 2.45) is 11.0 Å². The molecule has 4 unspecified atom stereocenters. The first-order valence-electron chi connectivity index (χ1n) is 16.9. The van der Waals surface area contributed by atoms with E-state index in [-0.39, 0.29) is 0 Å². The number of aryl methyl sites for hydroxylation is 2. The average molecular weight is 651 g/mol. The number of benzene rings is 4. The summed E-state index contributed by atoms with van der Waals surface area (Å²) in [4.78, 5) is 2.19. The number of ether oxygens (including phenoxy) is 2. The lowest BCUT2D eigenvalue weighted by atomic mass is 9.77. The van der Waals surface area contributed by atoms with Gasteiger partial charge in [0.1, 0.15) is 5.49 Å². The summed E-state index contributed by atoms with van der Waals surface area (Å²) in [5.41, 5.74) is 13.4. The lowest BCUT2D eigenvalue weighted by Crippen LogP contribution is -2.45. The minimum atomic E-state index is -0.639. The first-order chi connectivity index (χ1) is 23.7. The van der Waals surface area contributed by atoms with Crippen LogP contribution in [0, 0.1) is 25.2 Å². The van der Waals surface area contributed by atoms with Gasteiger partial charge in [0.15, 0.2) is 5.84 Å². The highest BCUT2D eigenvalue weighted by molar-refractivity contribution is 6.21. The van der Waals surface area contributed by atoms with Crippen LogP contribution >= 0.6 is 0 Å². The van der Waals surface area contributed by atoms with Crippen LogP contribution in [0.2, 0.25) is 0 Å². The molecule has 49 heavy (non-hydrogen) atoms. The van der Waals surface area contributed by atoms with E-state index in [4.69, 9.17) is 14.6 Å². The van der Waals surface area contributed by atoms with Gasteiger partial charge in [-0.2, -0.15) is 0 Å². The maximum absolute atomic E-state index is 9.52. The molecule has 1 aromatic heterocycles. The number of anilines is 3. The Balaban J connectivity index is 1.21. The van der Waals surface area contributed by atoms with E-state index >= 15 is 0 Å². The molecule has 0 amide bonds. The number of hydrogen-bond donors (Lipinski definition) is 2. The van der Waals surface area contributed by atoms with Gasteiger partial charge < -0.3 is 14.8 Å². The molecule has 4 aromatic carbocycles. The van der Waals surface area contributed by atoms with Crippen LogP contribution in [0.5, 0.6) is 0 Å². The SMILES string of the molecule is COC1N(c2cccc(NC(OC)n3c(=N)c4c(c5ccccc53)C(C)C(C)C=C4C)c2)N=C2c3c(C)cc(C)cc3-c3ccccc3N21. The summed E-state index contributed by atoms with van der Waals surface area (Å²) < 4.78 is 14.3. The van der Waals surface area contributed by atoms with E-state index < -0.39 is 12.7 Å². The largest absolute Gasteiger partial charge is 0.344 e. The van der Waals surface area contributed by atoms with Crippen molar-refractivity contribution in [3.05, 3.63) is 124 Å². The van der Waals surface area contributed by atoms with Gasteiger partial charge >= 0.3 is 0 Å². The van der Waals surface area contributed by atoms with Crippen molar-refractivity contribution in [3.8, 4) is 11.1 Å². The second kappa shape index (κ2) is 11.8. The molecule has 0 saturated carbocycles. The number of hydrogen-bond acceptors (Lipinski definition) is 7. The highest BCUT2D eigenvalue weighted by atomic mass is 16.5. The van der Waals surface area contributed by atoms with Crippen LogP contribution in [-0.4, -0.2) is 31.0 Å². The van der Waals surface area contributed by atoms with Crippen LogP contribution < -0.4 is 20.7 Å². The number of para-hydroxylation sites is 2. The third kappa shape index (κ3) is 4.73. The van der Waals surface area contributed by atoms with Crippen LogP contribution in [0.4, 0.5) is 17.1 Å². The van der Waals surface area contributed by atoms with Gasteiger partial charge in [-0.3, -0.25) is 14.9 Å². The maximum Gasteiger partial charge on any atom is 0.235 e. The number of amidine groups is 1. The van der Waals surface area contributed by atoms with Crippen LogP contribution in [0.1, 0.15) is 60.9 Å². The van der Waals surface area contributed by atoms with Crippen molar-refractivity contribution in [1.29, 1.82) is 5.41 Å². The van der Waals surface area contributed by atoms with Gasteiger partial charge in [-0.15, -0.1) is 5.10 Å². The number of aromatic nitrogens is 1. The Bertz CT molecular complexity index is 2270. The summed E-state index contributed by atoms with van der Waals surface area (Å²) in [6, 6.07) is 29.4. The molecule has 5 aromatic rings. The molecule has 0 spiro atoms. The number of fused-ring (bicyclic) bond motifs is 9. The molecule has 8 heteroatoms. The summed E-state index contributed by atoms with van der Waals surface area (Å²) in [5, 5.41) is 21.4. The van der Waals surface area contributed by atoms with E-state index in [0.717, 1.165) is 50.5 Å². The molecule has 8 rings (SSSR count). The quantitative estimate of drug-likeness (QED) is 0.180. The topological polar surface area (TPSA) is 78.1 Å². The molecule has 3 heterocycles. The monoisotopic (exact) mass is 650 g/mol. The van der Waals surface area contributed by atoms with Gasteiger partial charge in [-0.1, -0.05) is 80.1 Å². The Morgan fingerprint density at radius 3 is 2.43 bits per heavy atom. The van der Waals surface area contributed by atoms with Crippen LogP contribution in [0.25, 0.3) is 27.6 Å². The lowest BCUT2D eigenvalue weighted by molar-refractivity contribution is 0.0680. The molecular weight excluding hydrogens is 608 g/mol. The second-order valence-electron chi connectivity index (χ2n) is 13.5. The fourth-order valence-corrected chi connectivity index (χ4v) is 8.12. The zero-order valence-corrected chi connectivity index (χ0v) is 29.1. The normalized spacial score (nSPS) is 19.9. The first kappa shape index (κ1) is 31.1. The Morgan fingerprint density at radius 1 is 0.857 bits per heavy atom. The fourth-order valence-electron chi connectivity index (χ4n) is 8.12. The highest BCUT2D eigenvalue weighted by Gasteiger charge is 2.42. The van der Waals surface area contributed by atoms with E-state index in [1.54, 1.807) is 14.2 Å². The third-order valence-corrected chi connectivity index (χ3v) is 10.4. The van der Waals surface area contributed by atoms with E-state index in [2.05, 4.69) is 112 Å². The molecule has 0 radical (unpaired) electrons. The summed E-state index contributed by atoms with van der Waals surface area (Å²) in [7, 11) is 3.41. The molecule has 2 aliphatic heterocycles. The fraction of sp³-hybridized carbons (Fsp3) is 0.268. The van der Waals surface area contributed by atoms with Gasteiger partial charge in [-0.25, -0.2) is 5.01 Å². The molecule has 8 nitrogen and oxygen atoms in total. The summed E-state index contributed by atoms with van der Waals surface area (Å²) in [5.74, 6) is 1.56. The van der Waals surface area contributed by atoms with Crippen molar-refractivity contribution in [2.75, 3.05) is 29.4 Å². The summed E-state index contributed by atoms with van der Waals surface area (Å²) in [6.45, 7) is 10.9. The van der Waals surface area contributed by atoms with Gasteiger partial charge in [0.25, 0.3) is 0 Å². The van der Waals surface area contributed by atoms with Crippen LogP contribution in [0.15, 0.2) is 96.1 Å². The van der Waals surface area contributed by atoms with E-state index in [9.17, 15) is 5.41 Å². The van der Waals surface area contributed by atoms with Gasteiger partial charge in [-0.05, 0) is 85.2 Å². The number of allylic oxidation sites excluding steroid dienone is 2. The highest BCUT2D eigenvalue weighted by Crippen LogP contribution is 2.46. The number of methoxy groups -OCH3 is 2. The molecule has 248 valence electrons. The predicted octanol–water partition coefficient (Wildman–Crippen LogP) is 8.71. The lowest BCUT2D eigenvalue weighted by Gasteiger charge is -2.35. The standard InChI is InChI=1S/C41H42N6O2/c1-23-19-25(3)35-32(20-23)30-15-8-10-17-33(30)46-39(35)44-47(41(46)49-7)29-14-12-13-28(22-29)43-40(48-6)45-34-18-11-9-16-31(34)37-27(5)24(2)21-26(4)36(37)38(45)42/h8-22,24,27,40-43H,1-7H3. The molecule has 2 N–H and O–H groups in total. The Morgan fingerprint density at radius 2 is 1.63 bits per heavy atom. The van der Waals surface area contributed by atoms with Crippen molar-refractivity contribution in [3.63, 3.8) is 0 Å². The van der Waals surface area contributed by atoms with E-state index in [1.165, 1.54) is 27.8 Å². The Labute approximate surface area is 287 Å². The van der Waals surface area contributed by atoms with Crippen molar-refractivity contribution >= 4 is 39.4 Å². The molecule has 1 aliphatic carbocycles. The zero-order chi connectivity index (χ0) is 34.1. The summed E-state index contributed by atoms with van der Waals surface area (Å²) in [6.07, 6.45) is 1.16. The van der Waals surface area contributed by atoms with Gasteiger partial charge in [0, 0.05) is 42.0 Å². The molecular formula is C41H42N6O2. The second-order valence-corrected chi connectivity index (χ2v) is 13.5. The number of nitrogens with one attached hydrogen (secondary N) is 2. The number of pyridine rings is 1. The van der Waals surface area contributed by atoms with Crippen molar-refractivity contribution in [1.82, 2.24) is 4.57 Å². The van der Waals surface area contributed by atoms with Crippen LogP contribution in [0.3, 0.4) is 0 Å². The minimum Gasteiger partial charge on any atom is -0.344 e. The average Bonchev–Trinajstić information content (AvgIpc) is 3.49. The first-order valence-corrected chi connectivity index (χ1v) is 16.9. The van der Waals surface area contributed by atoms with E-state index in [0.29, 0.717) is 17.3 Å². The summed E-state index contributed by atoms with van der Waals surface area (Å²) >= 11 is 0. The predicted molar refractivity (Wildman–Crippen MR) is 199 cm³/mol. The molecule has 0 bridgehead atoms. The molecule has 4 atom stereocenters. The maximum atomic E-state index is 9.52. The number of hydrazone groups is 1. The third-order valence-electron chi connectivity index (χ3n) is 10.4. The van der Waals surface area contributed by atoms with Crippen molar-refractivity contribution < 1.29 is 9.47 Å². The van der Waals surface area contributed by atoms with Gasteiger partial charge in [0.2, 0.25) is 12.7 Å². The zero-order valence-electron chi connectivity index (χ0n) is 29.1. The van der Waals surface area contributed by atoms with Gasteiger partial charge in [0.05, 0.1) is 16.9 Å². The Kier molecular flexibility index (Phi) is 7.46. The number of rotatable bonds is 6. The van der Waals surface area contributed by atoms with E-state index in [1.807, 2.05) is 33.8 Å². The smallest absolute Gasteiger partial charge is 0.235 e. The molecule has 0 fully saturated rings. The minimum absolute atomic E-state index is 0.301. The molecule has 0 saturated heterocycles. The molecule has 3 aliphatic rings. The van der Waals surface area contributed by atoms with Crippen molar-refractivity contribution in [2.45, 2.75) is 53.2 Å². The number of nitrogens with zero attached hydrogens (tertiary/aromatic N) is 4.